The van der Waals surface area contributed by atoms with E-state index >= 15 is 0 Å². The molecule has 0 spiro atoms. The largest absolute Gasteiger partial charge is 0.481 e. The lowest BCUT2D eigenvalue weighted by Crippen LogP contribution is -2.40. The molecule has 0 amide bonds. The summed E-state index contributed by atoms with van der Waals surface area (Å²) in [6.07, 6.45) is 3.52. The number of benzene rings is 1. The molecule has 1 aliphatic rings. The van der Waals surface area contributed by atoms with E-state index in [4.69, 9.17) is 5.11 Å². The Morgan fingerprint density at radius 1 is 1.33 bits per heavy atom. The molecule has 1 heterocycles. The number of aliphatic carboxylic acids is 1. The van der Waals surface area contributed by atoms with Crippen molar-refractivity contribution in [2.45, 2.75) is 45.6 Å². The summed E-state index contributed by atoms with van der Waals surface area (Å²) < 4.78 is 0. The third-order valence-corrected chi connectivity index (χ3v) is 3.86. The molecule has 0 radical (unpaired) electrons. The molecule has 0 aromatic heterocycles. The molecule has 1 unspecified atom stereocenters. The van der Waals surface area contributed by atoms with Crippen molar-refractivity contribution in [1.29, 1.82) is 0 Å². The van der Waals surface area contributed by atoms with Crippen molar-refractivity contribution in [3.8, 4) is 0 Å². The van der Waals surface area contributed by atoms with Crippen LogP contribution in [0.2, 0.25) is 0 Å². The van der Waals surface area contributed by atoms with E-state index in [1.807, 2.05) is 0 Å². The highest BCUT2D eigenvalue weighted by atomic mass is 16.4. The van der Waals surface area contributed by atoms with E-state index in [1.165, 1.54) is 16.8 Å². The number of carboxylic acids is 1. The van der Waals surface area contributed by atoms with E-state index in [0.717, 1.165) is 25.8 Å². The second-order valence-electron chi connectivity index (χ2n) is 5.21. The van der Waals surface area contributed by atoms with Gasteiger partial charge in [-0.2, -0.15) is 0 Å². The first-order chi connectivity index (χ1) is 8.58. The van der Waals surface area contributed by atoms with Gasteiger partial charge >= 0.3 is 5.97 Å². The van der Waals surface area contributed by atoms with Gasteiger partial charge in [0.2, 0.25) is 0 Å². The summed E-state index contributed by atoms with van der Waals surface area (Å²) in [5.41, 5.74) is 3.72. The van der Waals surface area contributed by atoms with Gasteiger partial charge in [-0.05, 0) is 56.4 Å². The quantitative estimate of drug-likeness (QED) is 0.892. The molecule has 1 aliphatic heterocycles. The average molecular weight is 247 g/mol. The van der Waals surface area contributed by atoms with Gasteiger partial charge in [-0.15, -0.1) is 0 Å². The molecule has 2 rings (SSSR count). The van der Waals surface area contributed by atoms with Crippen LogP contribution < -0.4 is 4.90 Å². The second-order valence-corrected chi connectivity index (χ2v) is 5.21. The van der Waals surface area contributed by atoms with Crippen LogP contribution in [0.15, 0.2) is 18.2 Å². The first kappa shape index (κ1) is 12.9. The molecule has 1 saturated heterocycles. The topological polar surface area (TPSA) is 40.5 Å². The van der Waals surface area contributed by atoms with Crippen molar-refractivity contribution in [2.24, 2.45) is 0 Å². The summed E-state index contributed by atoms with van der Waals surface area (Å²) in [7, 11) is 0. The fourth-order valence-electron chi connectivity index (χ4n) is 2.66. The summed E-state index contributed by atoms with van der Waals surface area (Å²) in [5, 5.41) is 9.00. The molecule has 0 saturated carbocycles. The van der Waals surface area contributed by atoms with Gasteiger partial charge in [-0.25, -0.2) is 0 Å². The predicted octanol–water partition coefficient (Wildman–Crippen LogP) is 3.14. The zero-order valence-electron chi connectivity index (χ0n) is 11.1. The molecule has 3 nitrogen and oxygen atoms in total. The highest BCUT2D eigenvalue weighted by molar-refractivity contribution is 5.68. The molecule has 0 bridgehead atoms. The van der Waals surface area contributed by atoms with Crippen LogP contribution in [0, 0.1) is 13.8 Å². The fraction of sp³-hybridized carbons (Fsp3) is 0.533. The number of hydrogen-bond donors (Lipinski definition) is 1. The van der Waals surface area contributed by atoms with Crippen molar-refractivity contribution in [1.82, 2.24) is 0 Å². The molecular formula is C15H21NO2. The minimum atomic E-state index is -0.698. The van der Waals surface area contributed by atoms with Crippen LogP contribution in [0.25, 0.3) is 0 Å². The SMILES string of the molecule is Cc1ccc(N2CCCCC2CC(=O)O)cc1C. The Kier molecular flexibility index (Phi) is 3.90. The lowest BCUT2D eigenvalue weighted by atomic mass is 9.97. The first-order valence-corrected chi connectivity index (χ1v) is 6.63. The number of hydrogen-bond acceptors (Lipinski definition) is 2. The van der Waals surface area contributed by atoms with Crippen LogP contribution in [-0.2, 0) is 4.79 Å². The van der Waals surface area contributed by atoms with Crippen LogP contribution >= 0.6 is 0 Å². The molecule has 18 heavy (non-hydrogen) atoms. The molecular weight excluding hydrogens is 226 g/mol. The van der Waals surface area contributed by atoms with Gasteiger partial charge in [0.15, 0.2) is 0 Å². The van der Waals surface area contributed by atoms with E-state index in [2.05, 4.69) is 36.9 Å². The van der Waals surface area contributed by atoms with E-state index < -0.39 is 5.97 Å². The van der Waals surface area contributed by atoms with Crippen LogP contribution in [0.4, 0.5) is 5.69 Å². The number of nitrogens with zero attached hydrogens (tertiary/aromatic N) is 1. The number of carboxylic acid groups (broad SMARTS) is 1. The summed E-state index contributed by atoms with van der Waals surface area (Å²) in [6.45, 7) is 5.18. The highest BCUT2D eigenvalue weighted by Crippen LogP contribution is 2.28. The smallest absolute Gasteiger partial charge is 0.305 e. The molecule has 1 atom stereocenters. The fourth-order valence-corrected chi connectivity index (χ4v) is 2.66. The summed E-state index contributed by atoms with van der Waals surface area (Å²) in [5.74, 6) is -0.698. The van der Waals surface area contributed by atoms with Crippen LogP contribution in [0.3, 0.4) is 0 Å². The highest BCUT2D eigenvalue weighted by Gasteiger charge is 2.24. The van der Waals surface area contributed by atoms with Crippen molar-refractivity contribution in [2.75, 3.05) is 11.4 Å². The number of anilines is 1. The van der Waals surface area contributed by atoms with Crippen molar-refractivity contribution < 1.29 is 9.90 Å². The molecule has 1 N–H and O–H groups in total. The van der Waals surface area contributed by atoms with Crippen molar-refractivity contribution in [3.63, 3.8) is 0 Å². The lowest BCUT2D eigenvalue weighted by molar-refractivity contribution is -0.137. The maximum absolute atomic E-state index is 10.9. The zero-order chi connectivity index (χ0) is 13.1. The maximum Gasteiger partial charge on any atom is 0.305 e. The number of piperidine rings is 1. The lowest BCUT2D eigenvalue weighted by Gasteiger charge is -2.37. The normalized spacial score (nSPS) is 19.9. The molecule has 1 aromatic carbocycles. The minimum Gasteiger partial charge on any atom is -0.481 e. The van der Waals surface area contributed by atoms with Gasteiger partial charge in [0, 0.05) is 18.3 Å². The Morgan fingerprint density at radius 2 is 2.11 bits per heavy atom. The van der Waals surface area contributed by atoms with Gasteiger partial charge in [0.1, 0.15) is 0 Å². The summed E-state index contributed by atoms with van der Waals surface area (Å²) in [4.78, 5) is 13.2. The van der Waals surface area contributed by atoms with Crippen LogP contribution in [0.5, 0.6) is 0 Å². The van der Waals surface area contributed by atoms with Gasteiger partial charge < -0.3 is 10.0 Å². The Morgan fingerprint density at radius 3 is 2.78 bits per heavy atom. The average Bonchev–Trinajstić information content (AvgIpc) is 2.33. The molecule has 1 fully saturated rings. The van der Waals surface area contributed by atoms with Crippen molar-refractivity contribution >= 4 is 11.7 Å². The second kappa shape index (κ2) is 5.42. The first-order valence-electron chi connectivity index (χ1n) is 6.63. The molecule has 98 valence electrons. The number of aryl methyl sites for hydroxylation is 2. The van der Waals surface area contributed by atoms with E-state index in [0.29, 0.717) is 0 Å². The maximum atomic E-state index is 10.9. The van der Waals surface area contributed by atoms with Gasteiger partial charge in [0.05, 0.1) is 6.42 Å². The van der Waals surface area contributed by atoms with Gasteiger partial charge in [-0.3, -0.25) is 4.79 Å². The molecule has 3 heteroatoms. The molecule has 0 aliphatic carbocycles. The van der Waals surface area contributed by atoms with Gasteiger partial charge in [0.25, 0.3) is 0 Å². The summed E-state index contributed by atoms with van der Waals surface area (Å²) >= 11 is 0. The third-order valence-electron chi connectivity index (χ3n) is 3.86. The van der Waals surface area contributed by atoms with Crippen LogP contribution in [0.1, 0.15) is 36.8 Å². The zero-order valence-corrected chi connectivity index (χ0v) is 11.1. The van der Waals surface area contributed by atoms with E-state index in [-0.39, 0.29) is 12.5 Å². The molecule has 1 aromatic rings. The Balaban J connectivity index is 2.22. The van der Waals surface area contributed by atoms with Crippen molar-refractivity contribution in [3.05, 3.63) is 29.3 Å². The Labute approximate surface area is 108 Å². The van der Waals surface area contributed by atoms with E-state index in [1.54, 1.807) is 0 Å². The summed E-state index contributed by atoms with van der Waals surface area (Å²) in [6, 6.07) is 6.56. The standard InChI is InChI=1S/C15H21NO2/c1-11-6-7-14(9-12(11)2)16-8-4-3-5-13(16)10-15(17)18/h6-7,9,13H,3-5,8,10H2,1-2H3,(H,17,18). The monoisotopic (exact) mass is 247 g/mol. The number of rotatable bonds is 3. The minimum absolute atomic E-state index is 0.151. The Bertz CT molecular complexity index is 442. The third kappa shape index (κ3) is 2.84. The van der Waals surface area contributed by atoms with E-state index in [9.17, 15) is 4.79 Å². The Hall–Kier alpha value is -1.51. The van der Waals surface area contributed by atoms with Crippen LogP contribution in [-0.4, -0.2) is 23.7 Å². The predicted molar refractivity (Wildman–Crippen MR) is 73.2 cm³/mol. The van der Waals surface area contributed by atoms with Gasteiger partial charge in [-0.1, -0.05) is 6.07 Å². The number of carbonyl (C=O) groups is 1.